The number of aromatic nitrogens is 2. The Morgan fingerprint density at radius 1 is 1.00 bits per heavy atom. The summed E-state index contributed by atoms with van der Waals surface area (Å²) in [6.45, 7) is 6.39. The molecule has 0 saturated heterocycles. The van der Waals surface area contributed by atoms with Crippen LogP contribution in [0.3, 0.4) is 0 Å². The lowest BCUT2D eigenvalue weighted by molar-refractivity contribution is 0.0945. The lowest BCUT2D eigenvalue weighted by atomic mass is 10.1. The summed E-state index contributed by atoms with van der Waals surface area (Å²) in [5.41, 5.74) is 4.78. The van der Waals surface area contributed by atoms with Gasteiger partial charge >= 0.3 is 0 Å². The van der Waals surface area contributed by atoms with E-state index >= 15 is 0 Å². The number of hydrogen-bond donors (Lipinski definition) is 2. The van der Waals surface area contributed by atoms with Gasteiger partial charge in [-0.15, -0.1) is 0 Å². The van der Waals surface area contributed by atoms with Gasteiger partial charge in [-0.2, -0.15) is 0 Å². The molecule has 0 atom stereocenters. The Bertz CT molecular complexity index is 935. The van der Waals surface area contributed by atoms with Gasteiger partial charge in [0.1, 0.15) is 17.3 Å². The molecule has 0 unspecified atom stereocenters. The number of anilines is 2. The highest BCUT2D eigenvalue weighted by atomic mass is 16.1. The van der Waals surface area contributed by atoms with E-state index < -0.39 is 0 Å². The lowest BCUT2D eigenvalue weighted by Crippen LogP contribution is -2.24. The molecule has 27 heavy (non-hydrogen) atoms. The number of carbonyl (C=O) groups is 1. The van der Waals surface area contributed by atoms with Crippen molar-refractivity contribution in [2.75, 3.05) is 5.32 Å². The molecule has 0 bridgehead atoms. The maximum Gasteiger partial charge on any atom is 0.270 e. The van der Waals surface area contributed by atoms with E-state index in [2.05, 4.69) is 33.6 Å². The van der Waals surface area contributed by atoms with Gasteiger partial charge in [0.15, 0.2) is 0 Å². The SMILES string of the molecule is CCc1ccccc1Nc1cc(C(=O)NCc2ccc(C)cc2)nc(C)n1. The number of amides is 1. The van der Waals surface area contributed by atoms with Crippen molar-refractivity contribution >= 4 is 17.4 Å². The first kappa shape index (κ1) is 18.6. The maximum absolute atomic E-state index is 12.5. The average Bonchev–Trinajstić information content (AvgIpc) is 2.67. The molecule has 0 spiro atoms. The van der Waals surface area contributed by atoms with Crippen molar-refractivity contribution in [2.24, 2.45) is 0 Å². The molecule has 138 valence electrons. The molecule has 0 aliphatic rings. The predicted octanol–water partition coefficient (Wildman–Crippen LogP) is 4.33. The minimum Gasteiger partial charge on any atom is -0.347 e. The first-order chi connectivity index (χ1) is 13.0. The van der Waals surface area contributed by atoms with Crippen LogP contribution in [0.25, 0.3) is 0 Å². The van der Waals surface area contributed by atoms with Gasteiger partial charge in [0.25, 0.3) is 5.91 Å². The van der Waals surface area contributed by atoms with Gasteiger partial charge in [0.2, 0.25) is 0 Å². The standard InChI is InChI=1S/C22H24N4O/c1-4-18-7-5-6-8-19(18)26-21-13-20(24-16(3)25-21)22(27)23-14-17-11-9-15(2)10-12-17/h5-13H,4,14H2,1-3H3,(H,23,27)(H,24,25,26). The van der Waals surface area contributed by atoms with Gasteiger partial charge in [-0.25, -0.2) is 9.97 Å². The van der Waals surface area contributed by atoms with Crippen molar-refractivity contribution in [1.82, 2.24) is 15.3 Å². The number of para-hydroxylation sites is 1. The van der Waals surface area contributed by atoms with Crippen LogP contribution in [0.4, 0.5) is 11.5 Å². The van der Waals surface area contributed by atoms with Gasteiger partial charge in [-0.1, -0.05) is 55.0 Å². The Kier molecular flexibility index (Phi) is 5.81. The number of hydrogen-bond acceptors (Lipinski definition) is 4. The van der Waals surface area contributed by atoms with E-state index in [0.29, 0.717) is 23.9 Å². The molecule has 5 heteroatoms. The molecule has 1 amide bonds. The smallest absolute Gasteiger partial charge is 0.270 e. The van der Waals surface area contributed by atoms with Crippen molar-refractivity contribution in [1.29, 1.82) is 0 Å². The quantitative estimate of drug-likeness (QED) is 0.687. The van der Waals surface area contributed by atoms with E-state index in [1.165, 1.54) is 11.1 Å². The van der Waals surface area contributed by atoms with Crippen LogP contribution in [-0.2, 0) is 13.0 Å². The zero-order chi connectivity index (χ0) is 19.2. The summed E-state index contributed by atoms with van der Waals surface area (Å²) in [6, 6.07) is 17.8. The first-order valence-corrected chi connectivity index (χ1v) is 9.09. The van der Waals surface area contributed by atoms with Crippen LogP contribution in [0.5, 0.6) is 0 Å². The average molecular weight is 360 g/mol. The second kappa shape index (κ2) is 8.45. The van der Waals surface area contributed by atoms with Crippen molar-refractivity contribution in [3.05, 3.63) is 82.8 Å². The fourth-order valence-electron chi connectivity index (χ4n) is 2.82. The van der Waals surface area contributed by atoms with Gasteiger partial charge in [-0.05, 0) is 37.5 Å². The molecule has 3 aromatic rings. The van der Waals surface area contributed by atoms with Crippen LogP contribution in [-0.4, -0.2) is 15.9 Å². The Labute approximate surface area is 159 Å². The summed E-state index contributed by atoms with van der Waals surface area (Å²) < 4.78 is 0. The normalized spacial score (nSPS) is 10.5. The number of benzene rings is 2. The second-order valence-electron chi connectivity index (χ2n) is 6.49. The van der Waals surface area contributed by atoms with Gasteiger partial charge < -0.3 is 10.6 Å². The van der Waals surface area contributed by atoms with E-state index in [4.69, 9.17) is 0 Å². The summed E-state index contributed by atoms with van der Waals surface area (Å²) in [7, 11) is 0. The number of nitrogens with one attached hydrogen (secondary N) is 2. The Balaban J connectivity index is 1.74. The molecule has 0 aliphatic heterocycles. The number of carbonyl (C=O) groups excluding carboxylic acids is 1. The van der Waals surface area contributed by atoms with Crippen molar-refractivity contribution in [3.8, 4) is 0 Å². The minimum absolute atomic E-state index is 0.215. The van der Waals surface area contributed by atoms with Gasteiger partial charge in [0.05, 0.1) is 0 Å². The molecule has 0 radical (unpaired) electrons. The second-order valence-corrected chi connectivity index (χ2v) is 6.49. The number of rotatable bonds is 6. The van der Waals surface area contributed by atoms with Crippen LogP contribution in [0, 0.1) is 13.8 Å². The molecule has 0 saturated carbocycles. The summed E-state index contributed by atoms with van der Waals surface area (Å²) >= 11 is 0. The maximum atomic E-state index is 12.5. The van der Waals surface area contributed by atoms with E-state index in [9.17, 15) is 4.79 Å². The minimum atomic E-state index is -0.215. The monoisotopic (exact) mass is 360 g/mol. The fourth-order valence-corrected chi connectivity index (χ4v) is 2.82. The van der Waals surface area contributed by atoms with E-state index in [-0.39, 0.29) is 5.91 Å². The molecule has 0 aliphatic carbocycles. The van der Waals surface area contributed by atoms with E-state index in [0.717, 1.165) is 17.7 Å². The van der Waals surface area contributed by atoms with Crippen LogP contribution in [0.2, 0.25) is 0 Å². The molecular formula is C22H24N4O. The molecule has 3 rings (SSSR count). The largest absolute Gasteiger partial charge is 0.347 e. The van der Waals surface area contributed by atoms with Crippen molar-refractivity contribution in [2.45, 2.75) is 33.7 Å². The Morgan fingerprint density at radius 3 is 2.48 bits per heavy atom. The van der Waals surface area contributed by atoms with Gasteiger partial charge in [0, 0.05) is 18.3 Å². The highest BCUT2D eigenvalue weighted by Gasteiger charge is 2.11. The molecule has 5 nitrogen and oxygen atoms in total. The molecule has 2 N–H and O–H groups in total. The van der Waals surface area contributed by atoms with Crippen LogP contribution < -0.4 is 10.6 Å². The van der Waals surface area contributed by atoms with Crippen LogP contribution >= 0.6 is 0 Å². The van der Waals surface area contributed by atoms with Crippen LogP contribution in [0.15, 0.2) is 54.6 Å². The summed E-state index contributed by atoms with van der Waals surface area (Å²) in [5, 5.41) is 6.23. The third-order valence-corrected chi connectivity index (χ3v) is 4.31. The molecule has 2 aromatic carbocycles. The Morgan fingerprint density at radius 2 is 1.74 bits per heavy atom. The first-order valence-electron chi connectivity index (χ1n) is 9.09. The van der Waals surface area contributed by atoms with E-state index in [1.807, 2.05) is 49.4 Å². The fraction of sp³-hybridized carbons (Fsp3) is 0.227. The highest BCUT2D eigenvalue weighted by molar-refractivity contribution is 5.93. The zero-order valence-electron chi connectivity index (χ0n) is 15.9. The lowest BCUT2D eigenvalue weighted by Gasteiger charge is -2.12. The predicted molar refractivity (Wildman–Crippen MR) is 108 cm³/mol. The summed E-state index contributed by atoms with van der Waals surface area (Å²) in [4.78, 5) is 21.2. The topological polar surface area (TPSA) is 66.9 Å². The summed E-state index contributed by atoms with van der Waals surface area (Å²) in [6.07, 6.45) is 0.914. The number of nitrogens with zero attached hydrogens (tertiary/aromatic N) is 2. The van der Waals surface area contributed by atoms with Crippen molar-refractivity contribution in [3.63, 3.8) is 0 Å². The molecule has 1 heterocycles. The highest BCUT2D eigenvalue weighted by Crippen LogP contribution is 2.20. The molecule has 0 fully saturated rings. The summed E-state index contributed by atoms with van der Waals surface area (Å²) in [5.74, 6) is 0.950. The Hall–Kier alpha value is -3.21. The molecule has 1 aromatic heterocycles. The van der Waals surface area contributed by atoms with Crippen molar-refractivity contribution < 1.29 is 4.79 Å². The molecular weight excluding hydrogens is 336 g/mol. The van der Waals surface area contributed by atoms with E-state index in [1.54, 1.807) is 13.0 Å². The van der Waals surface area contributed by atoms with Gasteiger partial charge in [-0.3, -0.25) is 4.79 Å². The third kappa shape index (κ3) is 4.91. The number of aryl methyl sites for hydroxylation is 3. The van der Waals surface area contributed by atoms with Crippen LogP contribution in [0.1, 0.15) is 39.9 Å². The zero-order valence-corrected chi connectivity index (χ0v) is 15.9. The third-order valence-electron chi connectivity index (χ3n) is 4.31.